The van der Waals surface area contributed by atoms with E-state index < -0.39 is 12.0 Å². The maximum atomic E-state index is 12.0. The molecule has 0 radical (unpaired) electrons. The first kappa shape index (κ1) is 13.9. The Balaban J connectivity index is 2.51. The van der Waals surface area contributed by atoms with Crippen molar-refractivity contribution in [1.82, 2.24) is 4.90 Å². The molecule has 0 aliphatic heterocycles. The summed E-state index contributed by atoms with van der Waals surface area (Å²) < 4.78 is 4.95. The van der Waals surface area contributed by atoms with Gasteiger partial charge >= 0.3 is 0 Å². The molecule has 98 valence electrons. The number of ether oxygens (including phenoxy) is 1. The lowest BCUT2D eigenvalue weighted by molar-refractivity contribution is -0.497. The van der Waals surface area contributed by atoms with Crippen LogP contribution in [0.25, 0.3) is 0 Å². The standard InChI is InChI=1S/C11H20N2O4/c1-8(2)7-12(4-5-17-3)11(14)9-6-10(9)13(15)16/h8-10H,4-7H2,1-3H3. The molecular formula is C11H20N2O4. The predicted molar refractivity (Wildman–Crippen MR) is 62.2 cm³/mol. The van der Waals surface area contributed by atoms with Crippen molar-refractivity contribution in [3.8, 4) is 0 Å². The van der Waals surface area contributed by atoms with Crippen molar-refractivity contribution < 1.29 is 14.5 Å². The van der Waals surface area contributed by atoms with Crippen molar-refractivity contribution >= 4 is 5.91 Å². The zero-order chi connectivity index (χ0) is 13.0. The number of amides is 1. The van der Waals surface area contributed by atoms with Crippen LogP contribution in [-0.2, 0) is 9.53 Å². The molecule has 1 aliphatic carbocycles. The fourth-order valence-electron chi connectivity index (χ4n) is 1.85. The van der Waals surface area contributed by atoms with E-state index in [2.05, 4.69) is 0 Å². The topological polar surface area (TPSA) is 72.7 Å². The van der Waals surface area contributed by atoms with E-state index >= 15 is 0 Å². The van der Waals surface area contributed by atoms with E-state index in [4.69, 9.17) is 4.74 Å². The fourth-order valence-corrected chi connectivity index (χ4v) is 1.85. The third-order valence-electron chi connectivity index (χ3n) is 2.81. The minimum Gasteiger partial charge on any atom is -0.383 e. The summed E-state index contributed by atoms with van der Waals surface area (Å²) in [7, 11) is 1.58. The monoisotopic (exact) mass is 244 g/mol. The largest absolute Gasteiger partial charge is 0.383 e. The van der Waals surface area contributed by atoms with Gasteiger partial charge in [0.05, 0.1) is 6.61 Å². The summed E-state index contributed by atoms with van der Waals surface area (Å²) in [5, 5.41) is 10.5. The van der Waals surface area contributed by atoms with Gasteiger partial charge < -0.3 is 9.64 Å². The Morgan fingerprint density at radius 1 is 1.59 bits per heavy atom. The molecule has 0 heterocycles. The number of rotatable bonds is 7. The summed E-state index contributed by atoms with van der Waals surface area (Å²) >= 11 is 0. The number of methoxy groups -OCH3 is 1. The van der Waals surface area contributed by atoms with Gasteiger partial charge in [0.15, 0.2) is 0 Å². The first-order valence-corrected chi connectivity index (χ1v) is 5.88. The van der Waals surface area contributed by atoms with Gasteiger partial charge in [0, 0.05) is 31.5 Å². The van der Waals surface area contributed by atoms with Crippen LogP contribution >= 0.6 is 0 Å². The third-order valence-corrected chi connectivity index (χ3v) is 2.81. The molecule has 6 heteroatoms. The zero-order valence-electron chi connectivity index (χ0n) is 10.6. The Bertz CT molecular complexity index is 293. The van der Waals surface area contributed by atoms with Crippen molar-refractivity contribution in [3.05, 3.63) is 10.1 Å². The molecule has 0 aromatic rings. The highest BCUT2D eigenvalue weighted by Gasteiger charge is 2.54. The van der Waals surface area contributed by atoms with Crippen molar-refractivity contribution in [2.75, 3.05) is 26.8 Å². The van der Waals surface area contributed by atoms with Crippen LogP contribution < -0.4 is 0 Å². The van der Waals surface area contributed by atoms with Gasteiger partial charge in [-0.3, -0.25) is 14.9 Å². The van der Waals surface area contributed by atoms with Gasteiger partial charge in [0.25, 0.3) is 0 Å². The second kappa shape index (κ2) is 5.95. The normalized spacial score (nSPS) is 22.6. The number of nitro groups is 1. The number of hydrogen-bond acceptors (Lipinski definition) is 4. The minimum absolute atomic E-state index is 0.0996. The molecule has 0 bridgehead atoms. The van der Waals surface area contributed by atoms with Crippen molar-refractivity contribution in [3.63, 3.8) is 0 Å². The Morgan fingerprint density at radius 2 is 2.24 bits per heavy atom. The quantitative estimate of drug-likeness (QED) is 0.490. The highest BCUT2D eigenvalue weighted by molar-refractivity contribution is 5.82. The van der Waals surface area contributed by atoms with Crippen LogP contribution in [0.3, 0.4) is 0 Å². The van der Waals surface area contributed by atoms with E-state index in [-0.39, 0.29) is 10.8 Å². The lowest BCUT2D eigenvalue weighted by atomic mass is 10.2. The number of hydrogen-bond donors (Lipinski definition) is 0. The van der Waals surface area contributed by atoms with Gasteiger partial charge in [-0.25, -0.2) is 0 Å². The molecule has 0 saturated heterocycles. The molecule has 1 saturated carbocycles. The predicted octanol–water partition coefficient (Wildman–Crippen LogP) is 0.783. The first-order chi connectivity index (χ1) is 7.97. The van der Waals surface area contributed by atoms with Gasteiger partial charge in [-0.1, -0.05) is 13.8 Å². The fraction of sp³-hybridized carbons (Fsp3) is 0.909. The molecule has 1 rings (SSSR count). The second-order valence-corrected chi connectivity index (χ2v) is 4.87. The minimum atomic E-state index is -0.667. The van der Waals surface area contributed by atoms with Crippen LogP contribution in [0.2, 0.25) is 0 Å². The lowest BCUT2D eigenvalue weighted by Gasteiger charge is -2.24. The van der Waals surface area contributed by atoms with Crippen LogP contribution in [0.1, 0.15) is 20.3 Å². The Hall–Kier alpha value is -1.17. The Kier molecular flexibility index (Phi) is 4.86. The molecule has 0 aromatic carbocycles. The number of carbonyl (C=O) groups excluding carboxylic acids is 1. The van der Waals surface area contributed by atoms with Crippen molar-refractivity contribution in [2.45, 2.75) is 26.3 Å². The highest BCUT2D eigenvalue weighted by Crippen LogP contribution is 2.34. The maximum Gasteiger partial charge on any atom is 0.232 e. The van der Waals surface area contributed by atoms with Gasteiger partial charge in [-0.05, 0) is 5.92 Å². The molecule has 0 spiro atoms. The average Bonchev–Trinajstić information content (AvgIpc) is 3.02. The third kappa shape index (κ3) is 3.96. The van der Waals surface area contributed by atoms with E-state index in [9.17, 15) is 14.9 Å². The van der Waals surface area contributed by atoms with Crippen LogP contribution in [0.15, 0.2) is 0 Å². The van der Waals surface area contributed by atoms with Crippen molar-refractivity contribution in [2.24, 2.45) is 11.8 Å². The molecule has 17 heavy (non-hydrogen) atoms. The van der Waals surface area contributed by atoms with E-state index in [1.165, 1.54) is 0 Å². The summed E-state index contributed by atoms with van der Waals surface area (Å²) in [6.45, 7) is 5.64. The molecule has 0 N–H and O–H groups in total. The first-order valence-electron chi connectivity index (χ1n) is 5.88. The second-order valence-electron chi connectivity index (χ2n) is 4.87. The molecule has 2 atom stereocenters. The summed E-state index contributed by atoms with van der Waals surface area (Å²) in [6.07, 6.45) is 0.382. The maximum absolute atomic E-state index is 12.0. The van der Waals surface area contributed by atoms with Crippen LogP contribution in [0.4, 0.5) is 0 Å². The average molecular weight is 244 g/mol. The molecule has 0 aromatic heterocycles. The highest BCUT2D eigenvalue weighted by atomic mass is 16.6. The summed E-state index contributed by atoms with van der Waals surface area (Å²) in [5.41, 5.74) is 0. The van der Waals surface area contributed by atoms with E-state index in [1.807, 2.05) is 13.8 Å². The molecule has 1 fully saturated rings. The summed E-state index contributed by atoms with van der Waals surface area (Å²) in [6, 6.07) is -0.667. The van der Waals surface area contributed by atoms with Crippen LogP contribution in [-0.4, -0.2) is 48.6 Å². The van der Waals surface area contributed by atoms with Gasteiger partial charge in [0.2, 0.25) is 11.9 Å². The summed E-state index contributed by atoms with van der Waals surface area (Å²) in [5.74, 6) is -0.165. The smallest absolute Gasteiger partial charge is 0.232 e. The number of nitrogens with zero attached hydrogens (tertiary/aromatic N) is 2. The van der Waals surface area contributed by atoms with Crippen molar-refractivity contribution in [1.29, 1.82) is 0 Å². The SMILES string of the molecule is COCCN(CC(C)C)C(=O)C1CC1[N+](=O)[O-]. The van der Waals surface area contributed by atoms with Gasteiger partial charge in [-0.2, -0.15) is 0 Å². The Morgan fingerprint density at radius 3 is 2.65 bits per heavy atom. The van der Waals surface area contributed by atoms with Gasteiger partial charge in [-0.15, -0.1) is 0 Å². The van der Waals surface area contributed by atoms with Crippen LogP contribution in [0.5, 0.6) is 0 Å². The lowest BCUT2D eigenvalue weighted by Crippen LogP contribution is -2.38. The van der Waals surface area contributed by atoms with Crippen LogP contribution in [0, 0.1) is 22.0 Å². The zero-order valence-corrected chi connectivity index (χ0v) is 10.6. The molecule has 1 amide bonds. The molecular weight excluding hydrogens is 224 g/mol. The summed E-state index contributed by atoms with van der Waals surface area (Å²) in [4.78, 5) is 23.9. The molecule has 6 nitrogen and oxygen atoms in total. The molecule has 1 aliphatic rings. The number of carbonyl (C=O) groups is 1. The Labute approximate surface area is 101 Å². The van der Waals surface area contributed by atoms with E-state index in [1.54, 1.807) is 12.0 Å². The van der Waals surface area contributed by atoms with E-state index in [0.717, 1.165) is 0 Å². The van der Waals surface area contributed by atoms with Gasteiger partial charge in [0.1, 0.15) is 5.92 Å². The molecule has 2 unspecified atom stereocenters. The van der Waals surface area contributed by atoms with E-state index in [0.29, 0.717) is 32.0 Å².